The van der Waals surface area contributed by atoms with Crippen LogP contribution in [-0.4, -0.2) is 22.1 Å². The van der Waals surface area contributed by atoms with Crippen molar-refractivity contribution in [3.05, 3.63) is 42.4 Å². The van der Waals surface area contributed by atoms with Crippen LogP contribution in [0.2, 0.25) is 0 Å². The van der Waals surface area contributed by atoms with E-state index in [4.69, 9.17) is 14.8 Å². The van der Waals surface area contributed by atoms with Crippen molar-refractivity contribution < 1.29 is 24.2 Å². The first-order chi connectivity index (χ1) is 7.75. The van der Waals surface area contributed by atoms with Gasteiger partial charge >= 0.3 is 13.1 Å². The Balaban J connectivity index is 2.14. The van der Waals surface area contributed by atoms with Gasteiger partial charge in [0.05, 0.1) is 6.07 Å². The highest BCUT2D eigenvalue weighted by molar-refractivity contribution is 6.32. The van der Waals surface area contributed by atoms with Gasteiger partial charge in [0.15, 0.2) is 6.20 Å². The average Bonchev–Trinajstić information content (AvgIpc) is 2.75. The summed E-state index contributed by atoms with van der Waals surface area (Å²) >= 11 is 0. The first kappa shape index (κ1) is 9.38. The van der Waals surface area contributed by atoms with E-state index < -0.39 is 7.32 Å². The number of hydrogen-bond acceptors (Lipinski definition) is 3. The van der Waals surface area contributed by atoms with E-state index in [-0.39, 0.29) is 0 Å². The molecule has 0 atom stereocenters. The van der Waals surface area contributed by atoms with Crippen molar-refractivity contribution in [3.63, 3.8) is 0 Å². The van der Waals surface area contributed by atoms with E-state index in [1.807, 2.05) is 33.9 Å². The number of hydrogen-bond donors (Lipinski definition) is 2. The zero-order chi connectivity index (χ0) is 11.1. The number of fused-ring (bicyclic) bond motifs is 3. The molecule has 0 saturated heterocycles. The molecule has 3 heterocycles. The van der Waals surface area contributed by atoms with Crippen LogP contribution in [0.5, 0.6) is 0 Å². The van der Waals surface area contributed by atoms with Gasteiger partial charge in [-0.25, -0.2) is 0 Å². The van der Waals surface area contributed by atoms with Gasteiger partial charge in [0.2, 0.25) is 12.7 Å². The van der Waals surface area contributed by atoms with Gasteiger partial charge < -0.3 is 14.8 Å². The van der Waals surface area contributed by atoms with Crippen LogP contribution in [0, 0.1) is 0 Å². The van der Waals surface area contributed by atoms with Crippen molar-refractivity contribution in [1.29, 1.82) is 0 Å². The summed E-state index contributed by atoms with van der Waals surface area (Å²) in [6.45, 7) is 0.744. The molecule has 0 fully saturated rings. The molecule has 0 aromatic carbocycles. The molecule has 0 spiro atoms. The topological polar surface area (TPSA) is 62.4 Å². The molecule has 0 bridgehead atoms. The molecule has 0 unspecified atom stereocenters. The van der Waals surface area contributed by atoms with Gasteiger partial charge in [-0.3, -0.25) is 0 Å². The minimum absolute atomic E-state index is 0.744. The molecule has 6 nitrogen and oxygen atoms in total. The second-order valence-corrected chi connectivity index (χ2v) is 3.55. The van der Waals surface area contributed by atoms with E-state index in [1.165, 1.54) is 4.73 Å². The van der Waals surface area contributed by atoms with Crippen molar-refractivity contribution in [2.24, 2.45) is 0 Å². The van der Waals surface area contributed by atoms with E-state index >= 15 is 0 Å². The van der Waals surface area contributed by atoms with E-state index in [0.717, 1.165) is 17.9 Å². The lowest BCUT2D eigenvalue weighted by molar-refractivity contribution is -0.868. The van der Waals surface area contributed by atoms with E-state index in [1.54, 1.807) is 12.3 Å². The Labute approximate surface area is 91.7 Å². The number of rotatable bonds is 2. The monoisotopic (exact) mass is 219 g/mol. The predicted molar refractivity (Wildman–Crippen MR) is 52.0 cm³/mol. The van der Waals surface area contributed by atoms with Crippen LogP contribution in [0.15, 0.2) is 36.8 Å². The van der Waals surface area contributed by atoms with Crippen LogP contribution in [0.25, 0.3) is 5.82 Å². The van der Waals surface area contributed by atoms with Crippen molar-refractivity contribution in [2.45, 2.75) is 6.54 Å². The first-order valence-electron chi connectivity index (χ1n) is 4.90. The summed E-state index contributed by atoms with van der Waals surface area (Å²) in [7, 11) is -1.83. The summed E-state index contributed by atoms with van der Waals surface area (Å²) in [5.41, 5.74) is 1.06. The smallest absolute Gasteiger partial charge is 0.388 e. The molecule has 3 rings (SSSR count). The van der Waals surface area contributed by atoms with E-state index in [0.29, 0.717) is 0 Å². The Kier molecular flexibility index (Phi) is 1.95. The van der Waals surface area contributed by atoms with E-state index in [2.05, 4.69) is 0 Å². The van der Waals surface area contributed by atoms with Crippen LogP contribution in [0.4, 0.5) is 0 Å². The Morgan fingerprint density at radius 3 is 3.00 bits per heavy atom. The second-order valence-electron chi connectivity index (χ2n) is 3.55. The fourth-order valence-electron chi connectivity index (χ4n) is 1.95. The minimum Gasteiger partial charge on any atom is -0.388 e. The average molecular weight is 219 g/mol. The van der Waals surface area contributed by atoms with Gasteiger partial charge in [0.25, 0.3) is 0 Å². The van der Waals surface area contributed by atoms with Crippen LogP contribution >= 0.6 is 0 Å². The maximum absolute atomic E-state index is 8.83. The molecular weight excluding hydrogens is 209 g/mol. The molecule has 2 aromatic heterocycles. The van der Waals surface area contributed by atoms with Crippen molar-refractivity contribution in [2.75, 3.05) is 0 Å². The second kappa shape index (κ2) is 3.33. The molecule has 16 heavy (non-hydrogen) atoms. The molecule has 0 amide bonds. The molecule has 1 aliphatic heterocycles. The minimum atomic E-state index is -1.83. The Morgan fingerprint density at radius 2 is 2.19 bits per heavy atom. The standard InChI is InChI=1S/C9H10BN3O3/c14-10(15)16-13-6-1-3-8-7-11-4-2-5-12(11)9(8)13/h1-6,14-15H,7H2/q+2. The lowest BCUT2D eigenvalue weighted by Gasteiger charge is -2.01. The highest BCUT2D eigenvalue weighted by Gasteiger charge is 2.37. The zero-order valence-electron chi connectivity index (χ0n) is 8.39. The summed E-state index contributed by atoms with van der Waals surface area (Å²) in [4.78, 5) is 0. The Bertz CT molecular complexity index is 541. The Morgan fingerprint density at radius 1 is 1.31 bits per heavy atom. The van der Waals surface area contributed by atoms with E-state index in [9.17, 15) is 0 Å². The number of nitrogens with zero attached hydrogens (tertiary/aromatic N) is 3. The third-order valence-corrected chi connectivity index (χ3v) is 2.53. The Hall–Kier alpha value is -1.86. The van der Waals surface area contributed by atoms with Crippen molar-refractivity contribution in [3.8, 4) is 5.82 Å². The summed E-state index contributed by atoms with van der Waals surface area (Å²) in [6, 6.07) is 5.68. The summed E-state index contributed by atoms with van der Waals surface area (Å²) in [5, 5.41) is 17.7. The quantitative estimate of drug-likeness (QED) is 0.380. The number of aromatic nitrogens is 3. The first-order valence-corrected chi connectivity index (χ1v) is 4.90. The summed E-state index contributed by atoms with van der Waals surface area (Å²) in [5.74, 6) is 0.778. The molecule has 0 aliphatic carbocycles. The molecule has 1 aliphatic rings. The summed E-state index contributed by atoms with van der Waals surface area (Å²) < 4.78 is 10.1. The number of pyridine rings is 1. The van der Waals surface area contributed by atoms with Gasteiger partial charge in [-0.1, -0.05) is 4.73 Å². The fourth-order valence-corrected chi connectivity index (χ4v) is 1.95. The third-order valence-electron chi connectivity index (χ3n) is 2.53. The van der Waals surface area contributed by atoms with Crippen LogP contribution < -0.4 is 14.2 Å². The van der Waals surface area contributed by atoms with Gasteiger partial charge in [-0.2, -0.15) is 0 Å². The van der Waals surface area contributed by atoms with Gasteiger partial charge in [0, 0.05) is 4.68 Å². The molecule has 2 N–H and O–H groups in total. The molecule has 7 heteroatoms. The molecule has 2 aromatic rings. The fraction of sp³-hybridized carbons (Fsp3) is 0.111. The molecular formula is C9H10BN3O3+2. The lowest BCUT2D eigenvalue weighted by atomic mass is 10.2. The highest BCUT2D eigenvalue weighted by atomic mass is 16.7. The normalized spacial score (nSPS) is 12.1. The maximum Gasteiger partial charge on any atom is 0.747 e. The molecule has 80 valence electrons. The van der Waals surface area contributed by atoms with Gasteiger partial charge in [-0.05, 0) is 16.8 Å². The lowest BCUT2D eigenvalue weighted by Crippen LogP contribution is -2.53. The zero-order valence-corrected chi connectivity index (χ0v) is 8.39. The van der Waals surface area contributed by atoms with Gasteiger partial charge in [-0.15, -0.1) is 0 Å². The van der Waals surface area contributed by atoms with Crippen LogP contribution in [-0.2, 0) is 6.54 Å². The largest absolute Gasteiger partial charge is 0.747 e. The maximum atomic E-state index is 8.83. The van der Waals surface area contributed by atoms with Gasteiger partial charge in [0.1, 0.15) is 11.8 Å². The predicted octanol–water partition coefficient (Wildman–Crippen LogP) is -2.19. The summed E-state index contributed by atoms with van der Waals surface area (Å²) in [6.07, 6.45) is 5.46. The van der Waals surface area contributed by atoms with Crippen LogP contribution in [0.3, 0.4) is 0 Å². The van der Waals surface area contributed by atoms with Crippen molar-refractivity contribution in [1.82, 2.24) is 4.68 Å². The van der Waals surface area contributed by atoms with Crippen molar-refractivity contribution >= 4 is 7.32 Å². The third kappa shape index (κ3) is 1.29. The SMILES string of the molecule is OB(O)O[n+]1cccc2c1-n1ccc[n+]1C2. The highest BCUT2D eigenvalue weighted by Crippen LogP contribution is 2.12. The molecule has 0 radical (unpaired) electrons. The molecule has 0 saturated carbocycles. The van der Waals surface area contributed by atoms with Crippen LogP contribution in [0.1, 0.15) is 5.56 Å².